The minimum atomic E-state index is -0.152. The first-order valence-corrected chi connectivity index (χ1v) is 8.40. The molecular formula is C18H29FN2. The van der Waals surface area contributed by atoms with Gasteiger partial charge >= 0.3 is 0 Å². The molecular weight excluding hydrogens is 263 g/mol. The van der Waals surface area contributed by atoms with Gasteiger partial charge in [0.2, 0.25) is 0 Å². The molecule has 0 spiro atoms. The molecule has 0 aromatic heterocycles. The van der Waals surface area contributed by atoms with Crippen LogP contribution >= 0.6 is 0 Å². The van der Waals surface area contributed by atoms with Crippen molar-refractivity contribution in [3.8, 4) is 0 Å². The van der Waals surface area contributed by atoms with E-state index < -0.39 is 0 Å². The highest BCUT2D eigenvalue weighted by atomic mass is 19.1. The van der Waals surface area contributed by atoms with Crippen LogP contribution in [-0.4, -0.2) is 26.2 Å². The Balaban J connectivity index is 1.99. The summed E-state index contributed by atoms with van der Waals surface area (Å²) in [5, 5.41) is 3.73. The Morgan fingerprint density at radius 2 is 2.05 bits per heavy atom. The molecule has 1 N–H and O–H groups in total. The number of hydrogen-bond donors (Lipinski definition) is 1. The van der Waals surface area contributed by atoms with Crippen LogP contribution in [0.4, 0.5) is 10.1 Å². The molecule has 1 aliphatic rings. The number of nitrogens with one attached hydrogen (secondary N) is 1. The monoisotopic (exact) mass is 292 g/mol. The molecule has 118 valence electrons. The lowest BCUT2D eigenvalue weighted by Crippen LogP contribution is -2.41. The van der Waals surface area contributed by atoms with Crippen molar-refractivity contribution in [3.63, 3.8) is 0 Å². The third-order valence-corrected chi connectivity index (χ3v) is 4.57. The van der Waals surface area contributed by atoms with Crippen molar-refractivity contribution in [2.45, 2.75) is 51.5 Å². The first-order chi connectivity index (χ1) is 10.2. The third kappa shape index (κ3) is 4.99. The lowest BCUT2D eigenvalue weighted by Gasteiger charge is -2.31. The van der Waals surface area contributed by atoms with E-state index in [1.54, 1.807) is 12.1 Å². The maximum atomic E-state index is 13.4. The zero-order valence-corrected chi connectivity index (χ0v) is 13.4. The average molecular weight is 292 g/mol. The van der Waals surface area contributed by atoms with Gasteiger partial charge in [-0.05, 0) is 49.9 Å². The summed E-state index contributed by atoms with van der Waals surface area (Å²) in [4.78, 5) is 2.21. The summed E-state index contributed by atoms with van der Waals surface area (Å²) in [6.45, 7) is 4.33. The fourth-order valence-corrected chi connectivity index (χ4v) is 3.37. The Morgan fingerprint density at radius 3 is 2.81 bits per heavy atom. The van der Waals surface area contributed by atoms with Crippen LogP contribution in [-0.2, 0) is 0 Å². The van der Waals surface area contributed by atoms with Crippen LogP contribution in [0.5, 0.6) is 0 Å². The molecule has 21 heavy (non-hydrogen) atoms. The second-order valence-electron chi connectivity index (χ2n) is 6.32. The van der Waals surface area contributed by atoms with Gasteiger partial charge in [-0.2, -0.15) is 0 Å². The van der Waals surface area contributed by atoms with Gasteiger partial charge in [-0.3, -0.25) is 0 Å². The SMILES string of the molecule is CCCNC1CCCCCC1CN(C)c1cccc(F)c1. The molecule has 1 aliphatic carbocycles. The Bertz CT molecular complexity index is 421. The molecule has 2 unspecified atom stereocenters. The Labute approximate surface area is 128 Å². The Hall–Kier alpha value is -1.09. The molecule has 2 atom stereocenters. The van der Waals surface area contributed by atoms with Gasteiger partial charge in [-0.25, -0.2) is 4.39 Å². The van der Waals surface area contributed by atoms with Gasteiger partial charge in [0.1, 0.15) is 5.82 Å². The summed E-state index contributed by atoms with van der Waals surface area (Å²) in [5.74, 6) is 0.508. The van der Waals surface area contributed by atoms with Crippen LogP contribution in [0.1, 0.15) is 45.4 Å². The highest BCUT2D eigenvalue weighted by Gasteiger charge is 2.24. The van der Waals surface area contributed by atoms with E-state index in [1.165, 1.54) is 44.6 Å². The van der Waals surface area contributed by atoms with E-state index in [1.807, 2.05) is 6.07 Å². The van der Waals surface area contributed by atoms with Crippen LogP contribution in [0.2, 0.25) is 0 Å². The number of nitrogens with zero attached hydrogens (tertiary/aromatic N) is 1. The number of halogens is 1. The van der Waals surface area contributed by atoms with Crippen molar-refractivity contribution >= 4 is 5.69 Å². The predicted octanol–water partition coefficient (Wildman–Crippen LogP) is 4.21. The maximum absolute atomic E-state index is 13.4. The van der Waals surface area contributed by atoms with Crippen LogP contribution in [0, 0.1) is 11.7 Å². The van der Waals surface area contributed by atoms with Crippen molar-refractivity contribution in [2.75, 3.05) is 25.0 Å². The zero-order valence-electron chi connectivity index (χ0n) is 13.4. The van der Waals surface area contributed by atoms with Crippen molar-refractivity contribution in [2.24, 2.45) is 5.92 Å². The van der Waals surface area contributed by atoms with Gasteiger partial charge in [-0.1, -0.05) is 32.3 Å². The van der Waals surface area contributed by atoms with E-state index in [2.05, 4.69) is 24.2 Å². The van der Waals surface area contributed by atoms with Gasteiger partial charge < -0.3 is 10.2 Å². The first-order valence-electron chi connectivity index (χ1n) is 8.40. The molecule has 0 heterocycles. The lowest BCUT2D eigenvalue weighted by atomic mass is 9.94. The van der Waals surface area contributed by atoms with E-state index in [0.717, 1.165) is 18.8 Å². The summed E-state index contributed by atoms with van der Waals surface area (Å²) < 4.78 is 13.4. The molecule has 1 saturated carbocycles. The molecule has 2 rings (SSSR count). The number of rotatable bonds is 6. The molecule has 1 aromatic carbocycles. The molecule has 1 aromatic rings. The molecule has 0 bridgehead atoms. The van der Waals surface area contributed by atoms with Crippen LogP contribution in [0.15, 0.2) is 24.3 Å². The average Bonchev–Trinajstić information content (AvgIpc) is 2.70. The molecule has 0 aliphatic heterocycles. The Morgan fingerprint density at radius 1 is 1.24 bits per heavy atom. The van der Waals surface area contributed by atoms with Gasteiger partial charge in [-0.15, -0.1) is 0 Å². The lowest BCUT2D eigenvalue weighted by molar-refractivity contribution is 0.338. The van der Waals surface area contributed by atoms with E-state index in [0.29, 0.717) is 12.0 Å². The summed E-state index contributed by atoms with van der Waals surface area (Å²) in [5.41, 5.74) is 0.980. The minimum Gasteiger partial charge on any atom is -0.374 e. The van der Waals surface area contributed by atoms with Gasteiger partial charge in [0.05, 0.1) is 0 Å². The Kier molecular flexibility index (Phi) is 6.50. The van der Waals surface area contributed by atoms with Gasteiger partial charge in [0.25, 0.3) is 0 Å². The summed E-state index contributed by atoms with van der Waals surface area (Å²) >= 11 is 0. The minimum absolute atomic E-state index is 0.152. The standard InChI is InChI=1S/C18H29FN2/c1-3-12-20-18-11-6-4-5-8-15(18)14-21(2)17-10-7-9-16(19)13-17/h7,9-10,13,15,18,20H,3-6,8,11-12,14H2,1-2H3. The van der Waals surface area contributed by atoms with E-state index in [-0.39, 0.29) is 5.82 Å². The smallest absolute Gasteiger partial charge is 0.125 e. The molecule has 0 saturated heterocycles. The van der Waals surface area contributed by atoms with E-state index in [4.69, 9.17) is 0 Å². The fraction of sp³-hybridized carbons (Fsp3) is 0.667. The molecule has 0 amide bonds. The third-order valence-electron chi connectivity index (χ3n) is 4.57. The van der Waals surface area contributed by atoms with Crippen molar-refractivity contribution in [3.05, 3.63) is 30.1 Å². The zero-order chi connectivity index (χ0) is 15.1. The summed E-state index contributed by atoms with van der Waals surface area (Å²) in [6, 6.07) is 7.54. The largest absolute Gasteiger partial charge is 0.374 e. The van der Waals surface area contributed by atoms with E-state index in [9.17, 15) is 4.39 Å². The van der Waals surface area contributed by atoms with Crippen molar-refractivity contribution < 1.29 is 4.39 Å². The number of anilines is 1. The van der Waals surface area contributed by atoms with Crippen LogP contribution < -0.4 is 10.2 Å². The van der Waals surface area contributed by atoms with Gasteiger partial charge in [0.15, 0.2) is 0 Å². The molecule has 2 nitrogen and oxygen atoms in total. The second kappa shape index (κ2) is 8.38. The van der Waals surface area contributed by atoms with E-state index >= 15 is 0 Å². The fourth-order valence-electron chi connectivity index (χ4n) is 3.37. The maximum Gasteiger partial charge on any atom is 0.125 e. The summed E-state index contributed by atoms with van der Waals surface area (Å²) in [6.07, 6.45) is 7.75. The first kappa shape index (κ1) is 16.3. The molecule has 1 fully saturated rings. The van der Waals surface area contributed by atoms with Crippen molar-refractivity contribution in [1.29, 1.82) is 0 Å². The summed E-state index contributed by atoms with van der Waals surface area (Å²) in [7, 11) is 2.08. The van der Waals surface area contributed by atoms with Crippen LogP contribution in [0.25, 0.3) is 0 Å². The topological polar surface area (TPSA) is 15.3 Å². The van der Waals surface area contributed by atoms with Crippen molar-refractivity contribution in [1.82, 2.24) is 5.32 Å². The molecule has 3 heteroatoms. The predicted molar refractivity (Wildman–Crippen MR) is 88.3 cm³/mol. The highest BCUT2D eigenvalue weighted by molar-refractivity contribution is 5.45. The normalized spacial score (nSPS) is 22.8. The number of benzene rings is 1. The second-order valence-corrected chi connectivity index (χ2v) is 6.32. The highest BCUT2D eigenvalue weighted by Crippen LogP contribution is 2.26. The molecule has 0 radical (unpaired) electrons. The number of hydrogen-bond acceptors (Lipinski definition) is 2. The van der Waals surface area contributed by atoms with Gasteiger partial charge in [0, 0.05) is 25.3 Å². The van der Waals surface area contributed by atoms with Crippen LogP contribution in [0.3, 0.4) is 0 Å². The quantitative estimate of drug-likeness (QED) is 0.790.